The molecule has 0 bridgehead atoms. The zero-order valence-corrected chi connectivity index (χ0v) is 18.0. The highest BCUT2D eigenvalue weighted by Crippen LogP contribution is 2.32. The van der Waals surface area contributed by atoms with Crippen LogP contribution in [-0.2, 0) is 11.2 Å². The van der Waals surface area contributed by atoms with E-state index in [1.54, 1.807) is 0 Å². The van der Waals surface area contributed by atoms with Gasteiger partial charge in [0.05, 0.1) is 0 Å². The summed E-state index contributed by atoms with van der Waals surface area (Å²) in [6, 6.07) is 16.5. The molecule has 2 aromatic rings. The van der Waals surface area contributed by atoms with Gasteiger partial charge in [0.15, 0.2) is 11.5 Å². The van der Waals surface area contributed by atoms with Crippen LogP contribution in [0.25, 0.3) is 0 Å². The molecule has 0 atom stereocenters. The molecule has 2 aromatic carbocycles. The molecule has 0 aromatic heterocycles. The molecule has 1 fully saturated rings. The van der Waals surface area contributed by atoms with Crippen molar-refractivity contribution in [3.05, 3.63) is 54.1 Å². The van der Waals surface area contributed by atoms with Crippen LogP contribution in [0.5, 0.6) is 11.5 Å². The predicted molar refractivity (Wildman–Crippen MR) is 122 cm³/mol. The molecule has 7 heteroatoms. The van der Waals surface area contributed by atoms with Crippen molar-refractivity contribution in [2.24, 2.45) is 5.10 Å². The molecule has 0 radical (unpaired) electrons. The van der Waals surface area contributed by atoms with Crippen LogP contribution in [0, 0.1) is 0 Å². The summed E-state index contributed by atoms with van der Waals surface area (Å²) in [7, 11) is 0. The fourth-order valence-corrected chi connectivity index (χ4v) is 3.82. The summed E-state index contributed by atoms with van der Waals surface area (Å²) in [5.74, 6) is 1.56. The molecular formula is C24H30N4O3. The van der Waals surface area contributed by atoms with Crippen molar-refractivity contribution in [3.8, 4) is 11.5 Å². The maximum absolute atomic E-state index is 12.2. The third-order valence-electron chi connectivity index (χ3n) is 5.73. The Morgan fingerprint density at radius 2 is 1.77 bits per heavy atom. The van der Waals surface area contributed by atoms with Gasteiger partial charge in [-0.1, -0.05) is 24.3 Å². The first-order valence-corrected chi connectivity index (χ1v) is 10.9. The van der Waals surface area contributed by atoms with E-state index in [1.165, 1.54) is 11.3 Å². The lowest BCUT2D eigenvalue weighted by Crippen LogP contribution is -2.47. The van der Waals surface area contributed by atoms with Gasteiger partial charge in [-0.05, 0) is 49.6 Å². The Labute approximate surface area is 183 Å². The topological polar surface area (TPSA) is 66.4 Å². The van der Waals surface area contributed by atoms with Crippen molar-refractivity contribution < 1.29 is 14.3 Å². The van der Waals surface area contributed by atoms with Gasteiger partial charge in [-0.25, -0.2) is 5.43 Å². The van der Waals surface area contributed by atoms with Crippen molar-refractivity contribution in [3.63, 3.8) is 0 Å². The predicted octanol–water partition coefficient (Wildman–Crippen LogP) is 3.05. The number of carbonyl (C=O) groups is 1. The standard InChI is InChI=1S/C24H30N4O3/c1-19(7-8-20-9-10-22-23(17-20)31-18-30-22)25-26-24(29)11-12-27-13-15-28(16-14-27)21-5-3-2-4-6-21/h2-6,9-10,17H,7-8,11-16,18H2,1H3,(H,26,29)/b25-19+. The highest BCUT2D eigenvalue weighted by molar-refractivity contribution is 5.84. The van der Waals surface area contributed by atoms with E-state index in [4.69, 9.17) is 9.47 Å². The molecular weight excluding hydrogens is 392 g/mol. The number of anilines is 1. The molecule has 31 heavy (non-hydrogen) atoms. The summed E-state index contributed by atoms with van der Waals surface area (Å²) in [5, 5.41) is 4.26. The van der Waals surface area contributed by atoms with Crippen LogP contribution in [-0.4, -0.2) is 56.0 Å². The molecule has 1 N–H and O–H groups in total. The maximum Gasteiger partial charge on any atom is 0.241 e. The molecule has 4 rings (SSSR count). The van der Waals surface area contributed by atoms with Crippen molar-refractivity contribution in [2.45, 2.75) is 26.2 Å². The molecule has 2 heterocycles. The molecule has 0 saturated carbocycles. The number of amides is 1. The number of benzene rings is 2. The number of hydrazone groups is 1. The Bertz CT molecular complexity index is 908. The number of hydrogen-bond acceptors (Lipinski definition) is 6. The summed E-state index contributed by atoms with van der Waals surface area (Å²) < 4.78 is 10.8. The van der Waals surface area contributed by atoms with Gasteiger partial charge in [0, 0.05) is 50.5 Å². The smallest absolute Gasteiger partial charge is 0.241 e. The van der Waals surface area contributed by atoms with Crippen LogP contribution < -0.4 is 19.8 Å². The minimum absolute atomic E-state index is 0.0343. The minimum atomic E-state index is -0.0343. The highest BCUT2D eigenvalue weighted by Gasteiger charge is 2.17. The Hall–Kier alpha value is -3.06. The van der Waals surface area contributed by atoms with E-state index in [1.807, 2.05) is 31.2 Å². The summed E-state index contributed by atoms with van der Waals surface area (Å²) in [4.78, 5) is 16.9. The van der Waals surface area contributed by atoms with E-state index in [9.17, 15) is 4.79 Å². The summed E-state index contributed by atoms with van der Waals surface area (Å²) in [6.45, 7) is 6.91. The first-order chi connectivity index (χ1) is 15.2. The number of fused-ring (bicyclic) bond motifs is 1. The Morgan fingerprint density at radius 3 is 2.58 bits per heavy atom. The number of para-hydroxylation sites is 1. The van der Waals surface area contributed by atoms with Crippen LogP contribution in [0.15, 0.2) is 53.6 Å². The number of ether oxygens (including phenoxy) is 2. The largest absolute Gasteiger partial charge is 0.454 e. The number of carbonyl (C=O) groups excluding carboxylic acids is 1. The fourth-order valence-electron chi connectivity index (χ4n) is 3.82. The van der Waals surface area contributed by atoms with Crippen LogP contribution in [0.2, 0.25) is 0 Å². The highest BCUT2D eigenvalue weighted by atomic mass is 16.7. The Morgan fingerprint density at radius 1 is 1.00 bits per heavy atom. The van der Waals surface area contributed by atoms with Gasteiger partial charge >= 0.3 is 0 Å². The summed E-state index contributed by atoms with van der Waals surface area (Å²) >= 11 is 0. The molecule has 0 aliphatic carbocycles. The lowest BCUT2D eigenvalue weighted by Gasteiger charge is -2.36. The number of hydrogen-bond donors (Lipinski definition) is 1. The lowest BCUT2D eigenvalue weighted by atomic mass is 10.1. The molecule has 2 aliphatic heterocycles. The average Bonchev–Trinajstić information content (AvgIpc) is 3.29. The second kappa shape index (κ2) is 10.3. The molecule has 0 unspecified atom stereocenters. The van der Waals surface area contributed by atoms with Gasteiger partial charge in [0.2, 0.25) is 12.7 Å². The molecule has 1 amide bonds. The fraction of sp³-hybridized carbons (Fsp3) is 0.417. The van der Waals surface area contributed by atoms with E-state index in [2.05, 4.69) is 44.6 Å². The first kappa shape index (κ1) is 21.2. The first-order valence-electron chi connectivity index (χ1n) is 10.9. The van der Waals surface area contributed by atoms with E-state index in [-0.39, 0.29) is 12.7 Å². The summed E-state index contributed by atoms with van der Waals surface area (Å²) in [5.41, 5.74) is 6.04. The second-order valence-corrected chi connectivity index (χ2v) is 7.98. The van der Waals surface area contributed by atoms with Crippen LogP contribution >= 0.6 is 0 Å². The van der Waals surface area contributed by atoms with E-state index >= 15 is 0 Å². The van der Waals surface area contributed by atoms with Gasteiger partial charge in [-0.15, -0.1) is 0 Å². The molecule has 164 valence electrons. The van der Waals surface area contributed by atoms with E-state index in [0.29, 0.717) is 6.42 Å². The minimum Gasteiger partial charge on any atom is -0.454 e. The third-order valence-corrected chi connectivity index (χ3v) is 5.73. The molecule has 7 nitrogen and oxygen atoms in total. The SMILES string of the molecule is C/C(CCc1ccc2c(c1)OCO2)=N\NC(=O)CCN1CCN(c2ccccc2)CC1. The quantitative estimate of drug-likeness (QED) is 0.523. The molecule has 1 saturated heterocycles. The number of nitrogens with one attached hydrogen (secondary N) is 1. The Kier molecular flexibility index (Phi) is 7.04. The van der Waals surface area contributed by atoms with E-state index < -0.39 is 0 Å². The van der Waals surface area contributed by atoms with E-state index in [0.717, 1.165) is 62.8 Å². The maximum atomic E-state index is 12.2. The Balaban J connectivity index is 1.13. The number of nitrogens with zero attached hydrogens (tertiary/aromatic N) is 3. The van der Waals surface area contributed by atoms with Crippen LogP contribution in [0.3, 0.4) is 0 Å². The van der Waals surface area contributed by atoms with Gasteiger partial charge in [0.25, 0.3) is 0 Å². The van der Waals surface area contributed by atoms with Gasteiger partial charge in [0.1, 0.15) is 0 Å². The monoisotopic (exact) mass is 422 g/mol. The van der Waals surface area contributed by atoms with Crippen molar-refractivity contribution in [1.82, 2.24) is 10.3 Å². The number of aryl methyl sites for hydroxylation is 1. The molecule has 2 aliphatic rings. The summed E-state index contributed by atoms with van der Waals surface area (Å²) in [6.07, 6.45) is 2.08. The normalized spacial score (nSPS) is 16.4. The van der Waals surface area contributed by atoms with Crippen molar-refractivity contribution >= 4 is 17.3 Å². The zero-order chi connectivity index (χ0) is 21.5. The average molecular weight is 423 g/mol. The number of piperazine rings is 1. The lowest BCUT2D eigenvalue weighted by molar-refractivity contribution is -0.121. The zero-order valence-electron chi connectivity index (χ0n) is 18.0. The van der Waals surface area contributed by atoms with Gasteiger partial charge < -0.3 is 14.4 Å². The molecule has 0 spiro atoms. The van der Waals surface area contributed by atoms with Crippen LogP contribution in [0.1, 0.15) is 25.3 Å². The third kappa shape index (κ3) is 5.98. The van der Waals surface area contributed by atoms with Crippen LogP contribution in [0.4, 0.5) is 5.69 Å². The van der Waals surface area contributed by atoms with Crippen molar-refractivity contribution in [2.75, 3.05) is 44.4 Å². The van der Waals surface area contributed by atoms with Gasteiger partial charge in [-0.2, -0.15) is 5.10 Å². The number of rotatable bonds is 8. The van der Waals surface area contributed by atoms with Crippen molar-refractivity contribution in [1.29, 1.82) is 0 Å². The second-order valence-electron chi connectivity index (χ2n) is 7.98. The van der Waals surface area contributed by atoms with Gasteiger partial charge in [-0.3, -0.25) is 9.69 Å².